The molecule has 0 aliphatic heterocycles. The molecular weight excluding hydrogens is 224 g/mol. The summed E-state index contributed by atoms with van der Waals surface area (Å²) in [6, 6.07) is 3.20. The van der Waals surface area contributed by atoms with E-state index in [1.54, 1.807) is 31.2 Å². The number of carbonyl (C=O) groups is 2. The fourth-order valence-corrected chi connectivity index (χ4v) is 1.25. The molecule has 0 aromatic carbocycles. The zero-order valence-corrected chi connectivity index (χ0v) is 9.93. The number of methoxy groups -OCH3 is 1. The molecule has 0 saturated heterocycles. The molecule has 0 bridgehead atoms. The summed E-state index contributed by atoms with van der Waals surface area (Å²) in [5.41, 5.74) is 0. The van der Waals surface area contributed by atoms with Crippen molar-refractivity contribution in [2.24, 2.45) is 0 Å². The van der Waals surface area contributed by atoms with Crippen LogP contribution in [-0.4, -0.2) is 46.0 Å². The smallest absolute Gasteiger partial charge is 0.239 e. The number of hydrogen-bond donors (Lipinski definition) is 1. The maximum absolute atomic E-state index is 11.5. The molecule has 0 saturated carbocycles. The largest absolute Gasteiger partial charge is 0.438 e. The lowest BCUT2D eigenvalue weighted by Crippen LogP contribution is -2.36. The first-order valence-corrected chi connectivity index (χ1v) is 5.19. The van der Waals surface area contributed by atoms with Crippen molar-refractivity contribution < 1.29 is 18.7 Å². The van der Waals surface area contributed by atoms with Crippen LogP contribution in [-0.2, 0) is 9.53 Å². The van der Waals surface area contributed by atoms with Crippen molar-refractivity contribution in [1.29, 1.82) is 0 Å². The van der Waals surface area contributed by atoms with E-state index in [2.05, 4.69) is 5.32 Å². The van der Waals surface area contributed by atoms with Gasteiger partial charge in [-0.2, -0.15) is 0 Å². The van der Waals surface area contributed by atoms with E-state index in [9.17, 15) is 9.59 Å². The number of aldehydes is 1. The first kappa shape index (κ1) is 13.2. The van der Waals surface area contributed by atoms with Gasteiger partial charge < -0.3 is 19.4 Å². The Hall–Kier alpha value is -1.82. The van der Waals surface area contributed by atoms with Crippen LogP contribution in [0.25, 0.3) is 0 Å². The highest BCUT2D eigenvalue weighted by Gasteiger charge is 2.10. The number of nitrogens with zero attached hydrogens (tertiary/aromatic N) is 1. The summed E-state index contributed by atoms with van der Waals surface area (Å²) in [4.78, 5) is 23.5. The molecule has 0 fully saturated rings. The number of carbonyl (C=O) groups excluding carboxylic acids is 2. The topological polar surface area (TPSA) is 71.8 Å². The predicted octanol–water partition coefficient (Wildman–Crippen LogP) is 0.291. The fraction of sp³-hybridized carbons (Fsp3) is 0.455. The maximum atomic E-state index is 11.5. The number of nitrogens with one attached hydrogen (secondary N) is 1. The molecule has 1 rings (SSSR count). The second kappa shape index (κ2) is 6.70. The molecular formula is C11H16N2O4. The van der Waals surface area contributed by atoms with Gasteiger partial charge in [-0.3, -0.25) is 9.59 Å². The highest BCUT2D eigenvalue weighted by atomic mass is 16.5. The third-order valence-corrected chi connectivity index (χ3v) is 2.11. The molecule has 6 nitrogen and oxygen atoms in total. The minimum Gasteiger partial charge on any atom is -0.438 e. The summed E-state index contributed by atoms with van der Waals surface area (Å²) in [6.45, 7) is 1.11. The van der Waals surface area contributed by atoms with Gasteiger partial charge in [-0.1, -0.05) is 0 Å². The van der Waals surface area contributed by atoms with Crippen LogP contribution >= 0.6 is 0 Å². The summed E-state index contributed by atoms with van der Waals surface area (Å²) in [5, 5.41) is 2.69. The van der Waals surface area contributed by atoms with Gasteiger partial charge in [0.1, 0.15) is 0 Å². The molecule has 0 aliphatic carbocycles. The number of rotatable bonds is 7. The van der Waals surface area contributed by atoms with E-state index in [1.807, 2.05) is 0 Å². The second-order valence-corrected chi connectivity index (χ2v) is 3.49. The Morgan fingerprint density at radius 1 is 1.59 bits per heavy atom. The standard InChI is InChI=1S/C11H16N2O4/c1-13(7-10(15)12-5-6-16-2)11-4-3-9(8-14)17-11/h3-4,8H,5-7H2,1-2H3,(H,12,15). The second-order valence-electron chi connectivity index (χ2n) is 3.49. The Morgan fingerprint density at radius 3 is 2.94 bits per heavy atom. The Kier molecular flexibility index (Phi) is 5.22. The van der Waals surface area contributed by atoms with E-state index in [0.29, 0.717) is 25.3 Å². The van der Waals surface area contributed by atoms with Gasteiger partial charge in [-0.05, 0) is 6.07 Å². The summed E-state index contributed by atoms with van der Waals surface area (Å²) < 4.78 is 9.99. The lowest BCUT2D eigenvalue weighted by atomic mass is 10.4. The molecule has 0 spiro atoms. The van der Waals surface area contributed by atoms with Crippen LogP contribution < -0.4 is 10.2 Å². The van der Waals surface area contributed by atoms with Crippen LogP contribution in [0.1, 0.15) is 10.6 Å². The quantitative estimate of drug-likeness (QED) is 0.548. The van der Waals surface area contributed by atoms with Crippen LogP contribution in [0, 0.1) is 0 Å². The Labute approximate surface area is 99.5 Å². The first-order chi connectivity index (χ1) is 8.17. The molecule has 1 heterocycles. The first-order valence-electron chi connectivity index (χ1n) is 5.19. The van der Waals surface area contributed by atoms with E-state index < -0.39 is 0 Å². The van der Waals surface area contributed by atoms with E-state index in [1.165, 1.54) is 0 Å². The summed E-state index contributed by atoms with van der Waals surface area (Å²) >= 11 is 0. The highest BCUT2D eigenvalue weighted by Crippen LogP contribution is 2.15. The van der Waals surface area contributed by atoms with Crippen LogP contribution in [0.15, 0.2) is 16.5 Å². The van der Waals surface area contributed by atoms with E-state index in [4.69, 9.17) is 9.15 Å². The van der Waals surface area contributed by atoms with Crippen LogP contribution in [0.3, 0.4) is 0 Å². The van der Waals surface area contributed by atoms with Crippen molar-refractivity contribution in [3.63, 3.8) is 0 Å². The average Bonchev–Trinajstić information content (AvgIpc) is 2.78. The molecule has 1 aromatic rings. The number of amides is 1. The van der Waals surface area contributed by atoms with Crippen molar-refractivity contribution in [3.05, 3.63) is 17.9 Å². The molecule has 0 radical (unpaired) electrons. The van der Waals surface area contributed by atoms with Gasteiger partial charge in [0.15, 0.2) is 17.9 Å². The number of ether oxygens (including phenoxy) is 1. The molecule has 1 aromatic heterocycles. The Balaban J connectivity index is 2.40. The Morgan fingerprint density at radius 2 is 2.35 bits per heavy atom. The third kappa shape index (κ3) is 4.28. The minimum absolute atomic E-state index is 0.131. The zero-order valence-electron chi connectivity index (χ0n) is 9.93. The molecule has 0 aliphatic rings. The molecule has 6 heteroatoms. The summed E-state index contributed by atoms with van der Waals surface area (Å²) in [6.07, 6.45) is 0.621. The molecule has 94 valence electrons. The van der Waals surface area contributed by atoms with Gasteiger partial charge >= 0.3 is 0 Å². The van der Waals surface area contributed by atoms with Crippen molar-refractivity contribution in [2.45, 2.75) is 0 Å². The molecule has 17 heavy (non-hydrogen) atoms. The molecule has 0 unspecified atom stereocenters. The van der Waals surface area contributed by atoms with Crippen LogP contribution in [0.5, 0.6) is 0 Å². The third-order valence-electron chi connectivity index (χ3n) is 2.11. The number of likely N-dealkylation sites (N-methyl/N-ethyl adjacent to an activating group) is 1. The average molecular weight is 240 g/mol. The number of anilines is 1. The van der Waals surface area contributed by atoms with E-state index in [0.717, 1.165) is 0 Å². The van der Waals surface area contributed by atoms with Gasteiger partial charge in [0, 0.05) is 26.8 Å². The number of hydrogen-bond acceptors (Lipinski definition) is 5. The van der Waals surface area contributed by atoms with Crippen LogP contribution in [0.4, 0.5) is 5.88 Å². The highest BCUT2D eigenvalue weighted by molar-refractivity contribution is 5.81. The van der Waals surface area contributed by atoms with Gasteiger partial charge in [0.05, 0.1) is 13.2 Å². The lowest BCUT2D eigenvalue weighted by molar-refractivity contribution is -0.119. The van der Waals surface area contributed by atoms with Gasteiger partial charge in [0.2, 0.25) is 5.91 Å². The Bertz CT molecular complexity index is 375. The van der Waals surface area contributed by atoms with Gasteiger partial charge in [-0.25, -0.2) is 0 Å². The summed E-state index contributed by atoms with van der Waals surface area (Å²) in [7, 11) is 3.28. The monoisotopic (exact) mass is 240 g/mol. The van der Waals surface area contributed by atoms with Gasteiger partial charge in [-0.15, -0.1) is 0 Å². The summed E-state index contributed by atoms with van der Waals surface area (Å²) in [5.74, 6) is 0.592. The number of furan rings is 1. The van der Waals surface area contributed by atoms with E-state index in [-0.39, 0.29) is 18.2 Å². The molecule has 0 atom stereocenters. The molecule has 1 amide bonds. The van der Waals surface area contributed by atoms with Crippen molar-refractivity contribution in [3.8, 4) is 0 Å². The maximum Gasteiger partial charge on any atom is 0.239 e. The van der Waals surface area contributed by atoms with Crippen molar-refractivity contribution in [2.75, 3.05) is 38.8 Å². The zero-order chi connectivity index (χ0) is 12.7. The SMILES string of the molecule is COCCNC(=O)CN(C)c1ccc(C=O)o1. The van der Waals surface area contributed by atoms with Crippen molar-refractivity contribution in [1.82, 2.24) is 5.32 Å². The molecule has 1 N–H and O–H groups in total. The fourth-order valence-electron chi connectivity index (χ4n) is 1.25. The van der Waals surface area contributed by atoms with Crippen molar-refractivity contribution >= 4 is 18.1 Å². The normalized spacial score (nSPS) is 10.0. The van der Waals surface area contributed by atoms with Gasteiger partial charge in [0.25, 0.3) is 0 Å². The predicted molar refractivity (Wildman–Crippen MR) is 62.3 cm³/mol. The minimum atomic E-state index is -0.131. The lowest BCUT2D eigenvalue weighted by Gasteiger charge is -2.15. The van der Waals surface area contributed by atoms with Crippen LogP contribution in [0.2, 0.25) is 0 Å². The van der Waals surface area contributed by atoms with E-state index >= 15 is 0 Å².